The number of hydrogen-bond acceptors (Lipinski definition) is 3. The molecule has 1 N–H and O–H groups in total. The molecule has 0 bridgehead atoms. The molecule has 2 aromatic rings. The average molecular weight is 406 g/mol. The van der Waals surface area contributed by atoms with Crippen molar-refractivity contribution < 1.29 is 14.3 Å². The van der Waals surface area contributed by atoms with Gasteiger partial charge in [-0.15, -0.1) is 0 Å². The molecule has 0 aliphatic rings. The highest BCUT2D eigenvalue weighted by Gasteiger charge is 2.20. The van der Waals surface area contributed by atoms with Crippen LogP contribution in [-0.2, 0) is 6.42 Å². The van der Waals surface area contributed by atoms with Gasteiger partial charge in [-0.3, -0.25) is 4.79 Å². The van der Waals surface area contributed by atoms with E-state index in [2.05, 4.69) is 47.2 Å². The van der Waals surface area contributed by atoms with Gasteiger partial charge in [0.05, 0.1) is 14.2 Å². The quantitative estimate of drug-likeness (QED) is 0.739. The molecule has 0 aromatic heterocycles. The maximum absolute atomic E-state index is 12.4. The molecule has 1 amide bonds. The monoisotopic (exact) mass is 405 g/mol. The number of benzene rings is 2. The Morgan fingerprint density at radius 3 is 2.28 bits per heavy atom. The third kappa shape index (κ3) is 5.49. The van der Waals surface area contributed by atoms with Gasteiger partial charge in [0.15, 0.2) is 11.5 Å². The van der Waals surface area contributed by atoms with Crippen LogP contribution in [0.1, 0.15) is 29.8 Å². The van der Waals surface area contributed by atoms with Gasteiger partial charge in [0, 0.05) is 16.6 Å². The SMILES string of the molecule is COc1ccc(C(=O)NCC(C)(C)Cc2ccc(Br)cc2)cc1OC. The summed E-state index contributed by atoms with van der Waals surface area (Å²) in [6, 6.07) is 13.4. The number of methoxy groups -OCH3 is 2. The number of halogens is 1. The largest absolute Gasteiger partial charge is 0.493 e. The number of rotatable bonds is 7. The van der Waals surface area contributed by atoms with Crippen LogP contribution < -0.4 is 14.8 Å². The summed E-state index contributed by atoms with van der Waals surface area (Å²) < 4.78 is 11.5. The number of amides is 1. The van der Waals surface area contributed by atoms with E-state index in [1.54, 1.807) is 32.4 Å². The molecule has 0 heterocycles. The molecule has 25 heavy (non-hydrogen) atoms. The minimum absolute atomic E-state index is 0.0555. The Labute approximate surface area is 157 Å². The van der Waals surface area contributed by atoms with Crippen molar-refractivity contribution in [1.82, 2.24) is 5.32 Å². The van der Waals surface area contributed by atoms with Crippen LogP contribution in [0.15, 0.2) is 46.9 Å². The molecular weight excluding hydrogens is 382 g/mol. The van der Waals surface area contributed by atoms with E-state index in [0.29, 0.717) is 23.6 Å². The summed E-state index contributed by atoms with van der Waals surface area (Å²) in [4.78, 5) is 12.4. The lowest BCUT2D eigenvalue weighted by Gasteiger charge is -2.25. The van der Waals surface area contributed by atoms with Crippen molar-refractivity contribution >= 4 is 21.8 Å². The molecule has 0 unspecified atom stereocenters. The Morgan fingerprint density at radius 2 is 1.68 bits per heavy atom. The first-order chi connectivity index (χ1) is 11.8. The van der Waals surface area contributed by atoms with Crippen molar-refractivity contribution in [2.75, 3.05) is 20.8 Å². The molecule has 0 spiro atoms. The molecule has 2 aromatic carbocycles. The highest BCUT2D eigenvalue weighted by Crippen LogP contribution is 2.28. The van der Waals surface area contributed by atoms with Crippen molar-refractivity contribution in [2.45, 2.75) is 20.3 Å². The van der Waals surface area contributed by atoms with E-state index in [1.165, 1.54) is 5.56 Å². The second kappa shape index (κ2) is 8.39. The predicted molar refractivity (Wildman–Crippen MR) is 104 cm³/mol. The Balaban J connectivity index is 1.99. The number of carbonyl (C=O) groups excluding carboxylic acids is 1. The van der Waals surface area contributed by atoms with Gasteiger partial charge in [0.2, 0.25) is 0 Å². The van der Waals surface area contributed by atoms with Crippen LogP contribution in [0.2, 0.25) is 0 Å². The summed E-state index contributed by atoms with van der Waals surface area (Å²) in [5.74, 6) is 1.03. The van der Waals surface area contributed by atoms with Gasteiger partial charge in [0.1, 0.15) is 0 Å². The Bertz CT molecular complexity index is 726. The highest BCUT2D eigenvalue weighted by atomic mass is 79.9. The zero-order chi connectivity index (χ0) is 18.4. The normalized spacial score (nSPS) is 11.1. The van der Waals surface area contributed by atoms with E-state index < -0.39 is 0 Å². The molecule has 0 aliphatic heterocycles. The van der Waals surface area contributed by atoms with Gasteiger partial charge in [-0.05, 0) is 47.7 Å². The predicted octanol–water partition coefficient (Wildman–Crippen LogP) is 4.47. The number of ether oxygens (including phenoxy) is 2. The number of nitrogens with one attached hydrogen (secondary N) is 1. The molecular formula is C20H24BrNO3. The van der Waals surface area contributed by atoms with E-state index in [0.717, 1.165) is 10.9 Å². The van der Waals surface area contributed by atoms with Crippen molar-refractivity contribution in [1.29, 1.82) is 0 Å². The van der Waals surface area contributed by atoms with Crippen molar-refractivity contribution in [3.05, 3.63) is 58.1 Å². The van der Waals surface area contributed by atoms with E-state index in [4.69, 9.17) is 9.47 Å². The standard InChI is InChI=1S/C20H24BrNO3/c1-20(2,12-14-5-8-16(21)9-6-14)13-22-19(23)15-7-10-17(24-3)18(11-15)25-4/h5-11H,12-13H2,1-4H3,(H,22,23). The minimum Gasteiger partial charge on any atom is -0.493 e. The van der Waals surface area contributed by atoms with Crippen molar-refractivity contribution in [3.63, 3.8) is 0 Å². The Hall–Kier alpha value is -2.01. The van der Waals surface area contributed by atoms with Gasteiger partial charge >= 0.3 is 0 Å². The molecule has 0 aliphatic carbocycles. The third-order valence-electron chi connectivity index (χ3n) is 3.97. The molecule has 2 rings (SSSR count). The van der Waals surface area contributed by atoms with Crippen LogP contribution >= 0.6 is 15.9 Å². The first-order valence-electron chi connectivity index (χ1n) is 8.09. The fourth-order valence-electron chi connectivity index (χ4n) is 2.62. The molecule has 0 saturated heterocycles. The topological polar surface area (TPSA) is 47.6 Å². The Morgan fingerprint density at radius 1 is 1.04 bits per heavy atom. The smallest absolute Gasteiger partial charge is 0.251 e. The second-order valence-electron chi connectivity index (χ2n) is 6.72. The Kier molecular flexibility index (Phi) is 6.48. The lowest BCUT2D eigenvalue weighted by Crippen LogP contribution is -2.35. The molecule has 4 nitrogen and oxygen atoms in total. The van der Waals surface area contributed by atoms with Gasteiger partial charge in [-0.2, -0.15) is 0 Å². The lowest BCUT2D eigenvalue weighted by molar-refractivity contribution is 0.0936. The summed E-state index contributed by atoms with van der Waals surface area (Å²) in [6.45, 7) is 4.87. The average Bonchev–Trinajstić information content (AvgIpc) is 2.61. The lowest BCUT2D eigenvalue weighted by atomic mass is 9.85. The van der Waals surface area contributed by atoms with Crippen molar-refractivity contribution in [2.24, 2.45) is 5.41 Å². The van der Waals surface area contributed by atoms with Gasteiger partial charge < -0.3 is 14.8 Å². The van der Waals surface area contributed by atoms with Gasteiger partial charge in [0.25, 0.3) is 5.91 Å². The minimum atomic E-state index is -0.121. The zero-order valence-electron chi connectivity index (χ0n) is 15.1. The summed E-state index contributed by atoms with van der Waals surface area (Å²) in [5, 5.41) is 3.02. The van der Waals surface area contributed by atoms with E-state index in [1.807, 2.05) is 12.1 Å². The molecule has 0 atom stereocenters. The zero-order valence-corrected chi connectivity index (χ0v) is 16.6. The molecule has 0 radical (unpaired) electrons. The van der Waals surface area contributed by atoms with Crippen LogP contribution in [0.3, 0.4) is 0 Å². The fraction of sp³-hybridized carbons (Fsp3) is 0.350. The van der Waals surface area contributed by atoms with Gasteiger partial charge in [-0.25, -0.2) is 0 Å². The molecule has 134 valence electrons. The summed E-state index contributed by atoms with van der Waals surface area (Å²) in [5.41, 5.74) is 1.74. The first kappa shape index (κ1) is 19.3. The first-order valence-corrected chi connectivity index (χ1v) is 8.88. The van der Waals surface area contributed by atoms with E-state index >= 15 is 0 Å². The third-order valence-corrected chi connectivity index (χ3v) is 4.50. The van der Waals surface area contributed by atoms with E-state index in [-0.39, 0.29) is 11.3 Å². The maximum atomic E-state index is 12.4. The summed E-state index contributed by atoms with van der Waals surface area (Å²) in [7, 11) is 3.13. The number of carbonyl (C=O) groups is 1. The molecule has 0 saturated carbocycles. The number of hydrogen-bond donors (Lipinski definition) is 1. The van der Waals surface area contributed by atoms with Crippen molar-refractivity contribution in [3.8, 4) is 11.5 Å². The van der Waals surface area contributed by atoms with Crippen LogP contribution in [-0.4, -0.2) is 26.7 Å². The summed E-state index contributed by atoms with van der Waals surface area (Å²) >= 11 is 3.45. The molecule has 5 heteroatoms. The van der Waals surface area contributed by atoms with Crippen LogP contribution in [0, 0.1) is 5.41 Å². The van der Waals surface area contributed by atoms with E-state index in [9.17, 15) is 4.79 Å². The summed E-state index contributed by atoms with van der Waals surface area (Å²) in [6.07, 6.45) is 0.881. The fourth-order valence-corrected chi connectivity index (χ4v) is 2.88. The van der Waals surface area contributed by atoms with Crippen LogP contribution in [0.25, 0.3) is 0 Å². The second-order valence-corrected chi connectivity index (χ2v) is 7.64. The molecule has 0 fully saturated rings. The van der Waals surface area contributed by atoms with Gasteiger partial charge in [-0.1, -0.05) is 41.9 Å². The highest BCUT2D eigenvalue weighted by molar-refractivity contribution is 9.10. The maximum Gasteiger partial charge on any atom is 0.251 e. The van der Waals surface area contributed by atoms with Crippen LogP contribution in [0.4, 0.5) is 0 Å². The van der Waals surface area contributed by atoms with Crippen LogP contribution in [0.5, 0.6) is 11.5 Å².